The van der Waals surface area contributed by atoms with E-state index >= 15 is 0 Å². The highest BCUT2D eigenvalue weighted by Gasteiger charge is 2.17. The van der Waals surface area contributed by atoms with Crippen LogP contribution >= 0.6 is 0 Å². The summed E-state index contributed by atoms with van der Waals surface area (Å²) in [6, 6.07) is 18.8. The van der Waals surface area contributed by atoms with Gasteiger partial charge in [-0.25, -0.2) is 0 Å². The summed E-state index contributed by atoms with van der Waals surface area (Å²) in [5.74, 6) is 0.462. The molecule has 0 unspecified atom stereocenters. The van der Waals surface area contributed by atoms with Crippen molar-refractivity contribution in [1.29, 1.82) is 5.26 Å². The molecule has 1 heterocycles. The number of nitrogens with zero attached hydrogens (tertiary/aromatic N) is 3. The Kier molecular flexibility index (Phi) is 4.95. The number of amides is 1. The lowest BCUT2D eigenvalue weighted by atomic mass is 10.0. The average Bonchev–Trinajstić information content (AvgIpc) is 3.10. The number of carbonyl (C=O) groups is 1. The van der Waals surface area contributed by atoms with E-state index in [2.05, 4.69) is 11.2 Å². The third kappa shape index (κ3) is 3.55. The highest BCUT2D eigenvalue weighted by atomic mass is 16.5. The highest BCUT2D eigenvalue weighted by Crippen LogP contribution is 2.33. The normalized spacial score (nSPS) is 10.7. The molecule has 0 N–H and O–H groups in total. The second-order valence-electron chi connectivity index (χ2n) is 5.90. The molecule has 5 heteroatoms. The Hall–Kier alpha value is -3.65. The van der Waals surface area contributed by atoms with Crippen LogP contribution < -0.4 is 0 Å². The predicted octanol–water partition coefficient (Wildman–Crippen LogP) is 3.98. The summed E-state index contributed by atoms with van der Waals surface area (Å²) >= 11 is 0. The molecular weight excluding hydrogens is 326 g/mol. The first kappa shape index (κ1) is 17.2. The van der Waals surface area contributed by atoms with Crippen LogP contribution in [-0.4, -0.2) is 30.1 Å². The molecule has 3 aromatic rings. The molecule has 26 heavy (non-hydrogen) atoms. The van der Waals surface area contributed by atoms with Crippen molar-refractivity contribution in [1.82, 2.24) is 10.1 Å². The van der Waals surface area contributed by atoms with Gasteiger partial charge in [0.05, 0.1) is 17.2 Å². The van der Waals surface area contributed by atoms with Crippen LogP contribution in [0.25, 0.3) is 28.7 Å². The Balaban J connectivity index is 2.11. The van der Waals surface area contributed by atoms with Gasteiger partial charge in [0.25, 0.3) is 0 Å². The van der Waals surface area contributed by atoms with E-state index in [9.17, 15) is 4.79 Å². The Labute approximate surface area is 151 Å². The number of likely N-dealkylation sites (N-methyl/N-ethyl adjacent to an activating group) is 1. The van der Waals surface area contributed by atoms with Gasteiger partial charge in [0.2, 0.25) is 5.91 Å². The fraction of sp³-hybridized carbons (Fsp3) is 0.0952. The van der Waals surface area contributed by atoms with Gasteiger partial charge in [0, 0.05) is 31.3 Å². The van der Waals surface area contributed by atoms with Crippen molar-refractivity contribution >= 4 is 12.0 Å². The summed E-state index contributed by atoms with van der Waals surface area (Å²) in [6.45, 7) is 0. The van der Waals surface area contributed by atoms with Gasteiger partial charge in [-0.2, -0.15) is 5.26 Å². The minimum absolute atomic E-state index is 0.129. The summed E-state index contributed by atoms with van der Waals surface area (Å²) in [5, 5.41) is 13.2. The molecule has 0 aliphatic carbocycles. The number of nitriles is 1. The third-order valence-corrected chi connectivity index (χ3v) is 3.88. The predicted molar refractivity (Wildman–Crippen MR) is 99.8 cm³/mol. The Bertz CT molecular complexity index is 978. The van der Waals surface area contributed by atoms with E-state index in [4.69, 9.17) is 9.78 Å². The van der Waals surface area contributed by atoms with Crippen molar-refractivity contribution in [3.05, 3.63) is 71.8 Å². The van der Waals surface area contributed by atoms with Crippen molar-refractivity contribution < 1.29 is 9.32 Å². The van der Waals surface area contributed by atoms with Crippen molar-refractivity contribution in [2.75, 3.05) is 14.1 Å². The lowest BCUT2D eigenvalue weighted by molar-refractivity contribution is -0.123. The lowest BCUT2D eigenvalue weighted by Crippen LogP contribution is -2.18. The molecule has 0 saturated carbocycles. The number of aromatic nitrogens is 1. The molecular formula is C21H17N3O2. The Morgan fingerprint density at radius 3 is 2.38 bits per heavy atom. The molecule has 0 saturated heterocycles. The number of benzene rings is 2. The van der Waals surface area contributed by atoms with Crippen LogP contribution in [-0.2, 0) is 4.79 Å². The molecule has 0 bridgehead atoms. The largest absolute Gasteiger partial charge is 0.355 e. The first-order valence-electron chi connectivity index (χ1n) is 8.05. The summed E-state index contributed by atoms with van der Waals surface area (Å²) < 4.78 is 5.59. The standard InChI is InChI=1S/C21H17N3O2/c1-24(2)19(25)13-12-18-20(16-10-8-15(14-22)9-11-16)23-26-21(18)17-6-4-3-5-7-17/h3-13H,1-2H3/b13-12+. The Morgan fingerprint density at radius 2 is 1.77 bits per heavy atom. The molecule has 5 nitrogen and oxygen atoms in total. The maximum atomic E-state index is 12.0. The maximum Gasteiger partial charge on any atom is 0.246 e. The average molecular weight is 343 g/mol. The minimum Gasteiger partial charge on any atom is -0.355 e. The van der Waals surface area contributed by atoms with Gasteiger partial charge in [-0.3, -0.25) is 4.79 Å². The molecule has 0 aliphatic rings. The zero-order chi connectivity index (χ0) is 18.5. The van der Waals surface area contributed by atoms with E-state index in [1.54, 1.807) is 32.3 Å². The lowest BCUT2D eigenvalue weighted by Gasteiger charge is -2.05. The SMILES string of the molecule is CN(C)C(=O)/C=C/c1c(-c2ccc(C#N)cc2)noc1-c1ccccc1. The summed E-state index contributed by atoms with van der Waals surface area (Å²) in [6.07, 6.45) is 3.21. The monoisotopic (exact) mass is 343 g/mol. The molecule has 0 fully saturated rings. The fourth-order valence-electron chi connectivity index (χ4n) is 2.46. The first-order chi connectivity index (χ1) is 12.6. The van der Waals surface area contributed by atoms with Gasteiger partial charge < -0.3 is 9.42 Å². The van der Waals surface area contributed by atoms with Crippen molar-refractivity contribution in [2.45, 2.75) is 0 Å². The van der Waals surface area contributed by atoms with Gasteiger partial charge in [0.1, 0.15) is 5.69 Å². The molecule has 128 valence electrons. The second-order valence-corrected chi connectivity index (χ2v) is 5.90. The number of rotatable bonds is 4. The van der Waals surface area contributed by atoms with Gasteiger partial charge >= 0.3 is 0 Å². The molecule has 0 spiro atoms. The molecule has 0 radical (unpaired) electrons. The van der Waals surface area contributed by atoms with E-state index in [-0.39, 0.29) is 5.91 Å². The van der Waals surface area contributed by atoms with Crippen LogP contribution in [0.2, 0.25) is 0 Å². The van der Waals surface area contributed by atoms with Crippen molar-refractivity contribution in [3.8, 4) is 28.7 Å². The van der Waals surface area contributed by atoms with Gasteiger partial charge in [-0.15, -0.1) is 0 Å². The quantitative estimate of drug-likeness (QED) is 0.672. The number of carbonyl (C=O) groups excluding carboxylic acids is 1. The topological polar surface area (TPSA) is 70.1 Å². The van der Waals surface area contributed by atoms with Crippen LogP contribution in [0.4, 0.5) is 0 Å². The van der Waals surface area contributed by atoms with Gasteiger partial charge in [-0.1, -0.05) is 47.6 Å². The minimum atomic E-state index is -0.129. The highest BCUT2D eigenvalue weighted by molar-refractivity contribution is 5.94. The third-order valence-electron chi connectivity index (χ3n) is 3.88. The van der Waals surface area contributed by atoms with E-state index in [1.165, 1.54) is 11.0 Å². The van der Waals surface area contributed by atoms with Crippen LogP contribution in [0.5, 0.6) is 0 Å². The molecule has 1 amide bonds. The van der Waals surface area contributed by atoms with Gasteiger partial charge in [-0.05, 0) is 18.2 Å². The van der Waals surface area contributed by atoms with Crippen LogP contribution in [0, 0.1) is 11.3 Å². The number of hydrogen-bond acceptors (Lipinski definition) is 4. The maximum absolute atomic E-state index is 12.0. The summed E-state index contributed by atoms with van der Waals surface area (Å²) in [5.41, 5.74) is 3.59. The Morgan fingerprint density at radius 1 is 1.08 bits per heavy atom. The van der Waals surface area contributed by atoms with Crippen molar-refractivity contribution in [2.24, 2.45) is 0 Å². The number of hydrogen-bond donors (Lipinski definition) is 0. The molecule has 2 aromatic carbocycles. The van der Waals surface area contributed by atoms with Gasteiger partial charge in [0.15, 0.2) is 5.76 Å². The van der Waals surface area contributed by atoms with Crippen LogP contribution in [0.15, 0.2) is 65.2 Å². The molecule has 3 rings (SSSR count). The zero-order valence-corrected chi connectivity index (χ0v) is 14.5. The molecule has 0 atom stereocenters. The second kappa shape index (κ2) is 7.49. The van der Waals surface area contributed by atoms with E-state index in [0.29, 0.717) is 17.0 Å². The van der Waals surface area contributed by atoms with Crippen LogP contribution in [0.1, 0.15) is 11.1 Å². The van der Waals surface area contributed by atoms with E-state index in [0.717, 1.165) is 16.7 Å². The van der Waals surface area contributed by atoms with E-state index < -0.39 is 0 Å². The summed E-state index contributed by atoms with van der Waals surface area (Å²) in [7, 11) is 3.39. The smallest absolute Gasteiger partial charge is 0.246 e. The van der Waals surface area contributed by atoms with Crippen LogP contribution in [0.3, 0.4) is 0 Å². The van der Waals surface area contributed by atoms with Crippen molar-refractivity contribution in [3.63, 3.8) is 0 Å². The van der Waals surface area contributed by atoms with E-state index in [1.807, 2.05) is 42.5 Å². The zero-order valence-electron chi connectivity index (χ0n) is 14.5. The molecule has 1 aromatic heterocycles. The fourth-order valence-corrected chi connectivity index (χ4v) is 2.46. The molecule has 0 aliphatic heterocycles. The first-order valence-corrected chi connectivity index (χ1v) is 8.05. The summed E-state index contributed by atoms with van der Waals surface area (Å²) in [4.78, 5) is 13.5.